The Labute approximate surface area is 371 Å². The summed E-state index contributed by atoms with van der Waals surface area (Å²) in [5.74, 6) is -4.33. The quantitative estimate of drug-likeness (QED) is 0.186. The fourth-order valence-electron chi connectivity index (χ4n) is 9.93. The lowest BCUT2D eigenvalue weighted by Gasteiger charge is -2.44. The Morgan fingerprint density at radius 2 is 1.58 bits per heavy atom. The third-order valence-electron chi connectivity index (χ3n) is 14.2. The van der Waals surface area contributed by atoms with Crippen molar-refractivity contribution in [2.45, 2.75) is 187 Å². The lowest BCUT2D eigenvalue weighted by atomic mass is 9.79. The number of ether oxygens (including phenoxy) is 4. The zero-order valence-corrected chi connectivity index (χ0v) is 39.1. The van der Waals surface area contributed by atoms with Crippen molar-refractivity contribution in [3.05, 3.63) is 47.6 Å². The number of piperidine rings is 1. The Hall–Kier alpha value is -3.00. The number of aliphatic hydroxyl groups excluding tert-OH is 2. The number of methoxy groups -OCH3 is 2. The number of ketones is 2. The molecule has 12 heteroatoms. The first-order valence-corrected chi connectivity index (χ1v) is 23.4. The van der Waals surface area contributed by atoms with Gasteiger partial charge in [-0.1, -0.05) is 71.1 Å². The molecule has 62 heavy (non-hydrogen) atoms. The molecule has 2 saturated heterocycles. The molecule has 0 aromatic carbocycles. The van der Waals surface area contributed by atoms with Crippen LogP contribution in [0, 0.1) is 35.5 Å². The number of esters is 1. The van der Waals surface area contributed by atoms with E-state index in [1.807, 2.05) is 65.0 Å². The topological polar surface area (TPSA) is 169 Å². The van der Waals surface area contributed by atoms with Crippen LogP contribution in [0.15, 0.2) is 47.6 Å². The molecule has 3 N–H and O–H groups in total. The molecular weight excluding hydrogens is 791 g/mol. The predicted molar refractivity (Wildman–Crippen MR) is 239 cm³/mol. The highest BCUT2D eigenvalue weighted by Crippen LogP contribution is 2.38. The molecule has 3 fully saturated rings. The van der Waals surface area contributed by atoms with Gasteiger partial charge in [0.25, 0.3) is 0 Å². The molecule has 0 spiro atoms. The normalized spacial score (nSPS) is 40.5. The fraction of sp³-hybridized carbons (Fsp3) is 0.760. The highest BCUT2D eigenvalue weighted by atomic mass is 16.6. The number of cyclic esters (lactones) is 1. The van der Waals surface area contributed by atoms with Crippen molar-refractivity contribution in [2.75, 3.05) is 20.8 Å². The van der Waals surface area contributed by atoms with Crippen LogP contribution in [0.3, 0.4) is 0 Å². The van der Waals surface area contributed by atoms with Gasteiger partial charge in [-0.05, 0) is 113 Å². The summed E-state index contributed by atoms with van der Waals surface area (Å²) in [6.45, 7) is 13.5. The van der Waals surface area contributed by atoms with Gasteiger partial charge in [-0.3, -0.25) is 14.4 Å². The summed E-state index contributed by atoms with van der Waals surface area (Å²) >= 11 is 0. The van der Waals surface area contributed by atoms with E-state index < -0.39 is 47.9 Å². The second kappa shape index (κ2) is 24.3. The Balaban J connectivity index is 1.66. The van der Waals surface area contributed by atoms with Crippen molar-refractivity contribution < 1.29 is 53.4 Å². The molecule has 1 aliphatic carbocycles. The minimum absolute atomic E-state index is 0.0572. The summed E-state index contributed by atoms with van der Waals surface area (Å²) in [5, 5.41) is 33.5. The molecule has 4 rings (SSSR count). The Morgan fingerprint density at radius 1 is 0.871 bits per heavy atom. The lowest BCUT2D eigenvalue weighted by molar-refractivity contribution is -0.284. The van der Waals surface area contributed by atoms with Gasteiger partial charge in [-0.2, -0.15) is 0 Å². The van der Waals surface area contributed by atoms with E-state index in [1.165, 1.54) is 12.0 Å². The van der Waals surface area contributed by atoms with Gasteiger partial charge in [0, 0.05) is 51.4 Å². The largest absolute Gasteiger partial charge is 0.460 e. The summed E-state index contributed by atoms with van der Waals surface area (Å²) < 4.78 is 24.2. The highest BCUT2D eigenvalue weighted by molar-refractivity contribution is 5.87. The van der Waals surface area contributed by atoms with Crippen LogP contribution in [0.25, 0.3) is 0 Å². The molecular formula is C50H79NO11. The number of carbonyl (C=O) groups is 4. The van der Waals surface area contributed by atoms with Crippen molar-refractivity contribution in [1.82, 2.24) is 4.90 Å². The summed E-state index contributed by atoms with van der Waals surface area (Å²) in [6, 6.07) is -0.877. The molecule has 2 bridgehead atoms. The number of amides is 1. The molecule has 0 unspecified atom stereocenters. The Kier molecular flexibility index (Phi) is 20.3. The molecule has 3 heterocycles. The van der Waals surface area contributed by atoms with Crippen molar-refractivity contribution >= 4 is 23.4 Å². The van der Waals surface area contributed by atoms with Gasteiger partial charge in [0.05, 0.1) is 24.7 Å². The zero-order chi connectivity index (χ0) is 45.7. The maximum absolute atomic E-state index is 14.3. The van der Waals surface area contributed by atoms with Crippen LogP contribution in [0.2, 0.25) is 0 Å². The number of allylic oxidation sites excluding steroid dienone is 6. The van der Waals surface area contributed by atoms with Crippen LogP contribution < -0.4 is 0 Å². The molecule has 0 radical (unpaired) electrons. The Morgan fingerprint density at radius 3 is 2.26 bits per heavy atom. The van der Waals surface area contributed by atoms with Crippen molar-refractivity contribution in [3.8, 4) is 0 Å². The number of rotatable bonds is 5. The van der Waals surface area contributed by atoms with Crippen molar-refractivity contribution in [1.29, 1.82) is 0 Å². The number of fused-ring (bicyclic) bond motifs is 3. The van der Waals surface area contributed by atoms with Crippen molar-refractivity contribution in [2.24, 2.45) is 35.5 Å². The molecule has 1 saturated carbocycles. The number of aliphatic hydroxyl groups is 3. The molecule has 3 aliphatic heterocycles. The van der Waals surface area contributed by atoms with E-state index in [4.69, 9.17) is 18.9 Å². The molecule has 0 aromatic heterocycles. The fourth-order valence-corrected chi connectivity index (χ4v) is 9.93. The SMILES string of the molecule is CO[C@H]1C[C@@H]2CC[C@@H](C)[C@](O)(CC(=O)N3CCCC[C@H]3C(=O)O[C@H]([C@H](C)CC3CCC(O)CC3)CC(=O)[C@H](C)/C=C(\C)[C@@H](O)[C@@H](OC)C(=O)[C@H](C)C[C@H](C)\C=C/C=C/C=C/1C)O2. The van der Waals surface area contributed by atoms with Gasteiger partial charge < -0.3 is 39.2 Å². The molecule has 12 atom stereocenters. The molecule has 0 aromatic rings. The number of carbonyl (C=O) groups excluding carboxylic acids is 4. The number of nitrogens with zero attached hydrogens (tertiary/aromatic N) is 1. The highest BCUT2D eigenvalue weighted by Gasteiger charge is 2.46. The van der Waals surface area contributed by atoms with Crippen LogP contribution >= 0.6 is 0 Å². The first-order chi connectivity index (χ1) is 29.4. The van der Waals surface area contributed by atoms with E-state index in [0.29, 0.717) is 75.8 Å². The van der Waals surface area contributed by atoms with Gasteiger partial charge in [0.1, 0.15) is 30.1 Å². The van der Waals surface area contributed by atoms with Gasteiger partial charge >= 0.3 is 5.97 Å². The first kappa shape index (κ1) is 51.6. The summed E-state index contributed by atoms with van der Waals surface area (Å²) in [5.41, 5.74) is 1.40. The number of Topliss-reactive ketones (excluding diaryl/α,β-unsaturated/α-hetero) is 2. The summed E-state index contributed by atoms with van der Waals surface area (Å²) in [4.78, 5) is 57.7. The van der Waals surface area contributed by atoms with Crippen molar-refractivity contribution in [3.63, 3.8) is 0 Å². The smallest absolute Gasteiger partial charge is 0.329 e. The van der Waals surface area contributed by atoms with Gasteiger partial charge in [0.15, 0.2) is 11.6 Å². The monoisotopic (exact) mass is 870 g/mol. The van der Waals surface area contributed by atoms with E-state index in [2.05, 4.69) is 0 Å². The molecule has 350 valence electrons. The summed E-state index contributed by atoms with van der Waals surface area (Å²) in [7, 11) is 3.04. The van der Waals surface area contributed by atoms with Crippen LogP contribution in [-0.4, -0.2) is 113 Å². The maximum Gasteiger partial charge on any atom is 0.329 e. The van der Waals surface area contributed by atoms with Gasteiger partial charge in [0.2, 0.25) is 5.91 Å². The number of hydrogen-bond acceptors (Lipinski definition) is 11. The lowest BCUT2D eigenvalue weighted by Crippen LogP contribution is -2.55. The van der Waals surface area contributed by atoms with E-state index in [0.717, 1.165) is 24.8 Å². The second-order valence-electron chi connectivity index (χ2n) is 19.3. The van der Waals surface area contributed by atoms with E-state index in [9.17, 15) is 34.5 Å². The average molecular weight is 870 g/mol. The first-order valence-electron chi connectivity index (χ1n) is 23.4. The van der Waals surface area contributed by atoms with Crippen LogP contribution in [-0.2, 0) is 38.1 Å². The second-order valence-corrected chi connectivity index (χ2v) is 19.3. The molecule has 4 aliphatic rings. The molecule has 1 amide bonds. The third kappa shape index (κ3) is 14.5. The minimum Gasteiger partial charge on any atom is -0.460 e. The maximum atomic E-state index is 14.3. The van der Waals surface area contributed by atoms with E-state index in [-0.39, 0.29) is 66.4 Å². The summed E-state index contributed by atoms with van der Waals surface area (Å²) in [6.07, 6.45) is 15.0. The van der Waals surface area contributed by atoms with Gasteiger partial charge in [-0.25, -0.2) is 4.79 Å². The average Bonchev–Trinajstić information content (AvgIpc) is 3.23. The van der Waals surface area contributed by atoms with Crippen LogP contribution in [0.5, 0.6) is 0 Å². The zero-order valence-electron chi connectivity index (χ0n) is 39.1. The number of hydrogen-bond donors (Lipinski definition) is 3. The minimum atomic E-state index is -1.73. The third-order valence-corrected chi connectivity index (χ3v) is 14.2. The standard InChI is InChI=1S/C50H79NO11/c1-31-15-11-10-12-16-32(2)43(59-8)28-40-23-18-37(7)50(58,62-40)30-45(54)51-24-14-13-17-41(51)49(57)61-44(34(4)27-38-19-21-39(52)22-20-38)29-42(53)33(3)26-36(6)47(56)48(60-9)46(55)35(5)25-31/h10-12,15-16,26,31,33-35,37-41,43-44,47-48,52,56,58H,13-14,17-25,27-30H2,1-9H3/b12-10+,15-11-,32-16+,36-26+/t31-,33-,34-,35-,37-,38?,39?,40+,41+,43+,44+,47-,48+,50+/m1/s1. The van der Waals surface area contributed by atoms with E-state index in [1.54, 1.807) is 27.0 Å². The Bertz CT molecular complexity index is 1610. The predicted octanol–water partition coefficient (Wildman–Crippen LogP) is 7.38. The van der Waals surface area contributed by atoms with Crippen LogP contribution in [0.1, 0.15) is 138 Å². The van der Waals surface area contributed by atoms with Gasteiger partial charge in [-0.15, -0.1) is 0 Å². The molecule has 12 nitrogen and oxygen atoms in total. The van der Waals surface area contributed by atoms with Crippen LogP contribution in [0.4, 0.5) is 0 Å². The van der Waals surface area contributed by atoms with E-state index >= 15 is 0 Å².